The van der Waals surface area contributed by atoms with Gasteiger partial charge in [0.25, 0.3) is 0 Å². The molecule has 0 heterocycles. The highest BCUT2D eigenvalue weighted by atomic mass is 16.3. The number of hydrogen-bond acceptors (Lipinski definition) is 3. The van der Waals surface area contributed by atoms with Crippen LogP contribution in [0, 0.1) is 28.6 Å². The van der Waals surface area contributed by atoms with Crippen LogP contribution in [0.3, 0.4) is 0 Å². The minimum Gasteiger partial charge on any atom is -0.396 e. The molecule has 1 saturated carbocycles. The van der Waals surface area contributed by atoms with E-state index in [1.54, 1.807) is 6.92 Å². The van der Waals surface area contributed by atoms with Gasteiger partial charge in [-0.25, -0.2) is 0 Å². The molecule has 0 aromatic carbocycles. The van der Waals surface area contributed by atoms with Crippen molar-refractivity contribution >= 4 is 5.91 Å². The van der Waals surface area contributed by atoms with Gasteiger partial charge in [-0.05, 0) is 38.0 Å². The van der Waals surface area contributed by atoms with Gasteiger partial charge in [0.15, 0.2) is 0 Å². The lowest BCUT2D eigenvalue weighted by Gasteiger charge is -2.31. The van der Waals surface area contributed by atoms with E-state index in [4.69, 9.17) is 5.26 Å². The Hall–Kier alpha value is -1.08. The Labute approximate surface area is 109 Å². The van der Waals surface area contributed by atoms with E-state index in [0.29, 0.717) is 24.8 Å². The molecule has 1 aliphatic rings. The first-order valence-corrected chi connectivity index (χ1v) is 6.87. The second kappa shape index (κ2) is 6.75. The Morgan fingerprint density at radius 2 is 2.06 bits per heavy atom. The summed E-state index contributed by atoms with van der Waals surface area (Å²) in [4.78, 5) is 12.0. The Kier molecular flexibility index (Phi) is 5.61. The SMILES string of the molecule is CCC(C)(C#N)C(=O)NCC1CCCCC1CO. The number of nitrogens with zero attached hydrogens (tertiary/aromatic N) is 1. The van der Waals surface area contributed by atoms with E-state index in [1.807, 2.05) is 6.92 Å². The largest absolute Gasteiger partial charge is 0.396 e. The highest BCUT2D eigenvalue weighted by molar-refractivity contribution is 5.84. The van der Waals surface area contributed by atoms with Crippen LogP contribution in [0.5, 0.6) is 0 Å². The quantitative estimate of drug-likeness (QED) is 0.784. The van der Waals surface area contributed by atoms with Crippen molar-refractivity contribution in [3.8, 4) is 6.07 Å². The van der Waals surface area contributed by atoms with Crippen LogP contribution in [0.4, 0.5) is 0 Å². The number of nitriles is 1. The Morgan fingerprint density at radius 3 is 2.56 bits per heavy atom. The van der Waals surface area contributed by atoms with Crippen molar-refractivity contribution in [2.24, 2.45) is 17.3 Å². The first-order valence-electron chi connectivity index (χ1n) is 6.87. The third-order valence-corrected chi connectivity index (χ3v) is 4.28. The Balaban J connectivity index is 2.49. The lowest BCUT2D eigenvalue weighted by atomic mass is 9.79. The number of carbonyl (C=O) groups excluding carboxylic acids is 1. The van der Waals surface area contributed by atoms with E-state index >= 15 is 0 Å². The van der Waals surface area contributed by atoms with Gasteiger partial charge in [0.2, 0.25) is 5.91 Å². The van der Waals surface area contributed by atoms with Crippen LogP contribution in [0.2, 0.25) is 0 Å². The van der Waals surface area contributed by atoms with Gasteiger partial charge in [-0.3, -0.25) is 4.79 Å². The molecular formula is C14H24N2O2. The number of rotatable bonds is 5. The number of hydrogen-bond donors (Lipinski definition) is 2. The number of carbonyl (C=O) groups is 1. The van der Waals surface area contributed by atoms with Crippen LogP contribution in [-0.4, -0.2) is 24.2 Å². The summed E-state index contributed by atoms with van der Waals surface area (Å²) in [6.07, 6.45) is 4.95. The van der Waals surface area contributed by atoms with Crippen LogP contribution >= 0.6 is 0 Å². The molecule has 2 N–H and O–H groups in total. The van der Waals surface area contributed by atoms with Crippen molar-refractivity contribution in [3.05, 3.63) is 0 Å². The third kappa shape index (κ3) is 3.46. The van der Waals surface area contributed by atoms with Gasteiger partial charge in [0.05, 0.1) is 6.07 Å². The van der Waals surface area contributed by atoms with Gasteiger partial charge >= 0.3 is 0 Å². The van der Waals surface area contributed by atoms with E-state index in [9.17, 15) is 9.90 Å². The maximum atomic E-state index is 12.0. The fraction of sp³-hybridized carbons (Fsp3) is 0.857. The Bertz CT molecular complexity index is 324. The number of aliphatic hydroxyl groups is 1. The molecule has 4 heteroatoms. The molecule has 0 aliphatic heterocycles. The monoisotopic (exact) mass is 252 g/mol. The average molecular weight is 252 g/mol. The van der Waals surface area contributed by atoms with Gasteiger partial charge < -0.3 is 10.4 Å². The predicted molar refractivity (Wildman–Crippen MR) is 69.6 cm³/mol. The van der Waals surface area contributed by atoms with Gasteiger partial charge in [-0.1, -0.05) is 19.8 Å². The predicted octanol–water partition coefficient (Wildman–Crippen LogP) is 1.84. The summed E-state index contributed by atoms with van der Waals surface area (Å²) < 4.78 is 0. The summed E-state index contributed by atoms with van der Waals surface area (Å²) in [6, 6.07) is 2.08. The molecular weight excluding hydrogens is 228 g/mol. The molecule has 0 bridgehead atoms. The van der Waals surface area contributed by atoms with Crippen LogP contribution in [0.15, 0.2) is 0 Å². The summed E-state index contributed by atoms with van der Waals surface area (Å²) >= 11 is 0. The highest BCUT2D eigenvalue weighted by Gasteiger charge is 2.32. The summed E-state index contributed by atoms with van der Waals surface area (Å²) in [5.41, 5.74) is -0.927. The van der Waals surface area contributed by atoms with Gasteiger partial charge in [-0.2, -0.15) is 5.26 Å². The van der Waals surface area contributed by atoms with Gasteiger partial charge in [0, 0.05) is 13.2 Å². The minimum atomic E-state index is -0.927. The summed E-state index contributed by atoms with van der Waals surface area (Å²) in [5.74, 6) is 0.469. The molecule has 4 nitrogen and oxygen atoms in total. The molecule has 102 valence electrons. The zero-order valence-electron chi connectivity index (χ0n) is 11.4. The second-order valence-electron chi connectivity index (χ2n) is 5.49. The maximum absolute atomic E-state index is 12.0. The molecule has 0 spiro atoms. The van der Waals surface area contributed by atoms with Crippen molar-refractivity contribution in [1.82, 2.24) is 5.32 Å². The summed E-state index contributed by atoms with van der Waals surface area (Å²) in [5, 5.41) is 21.2. The van der Waals surface area contributed by atoms with Crippen molar-refractivity contribution in [3.63, 3.8) is 0 Å². The van der Waals surface area contributed by atoms with Gasteiger partial charge in [0.1, 0.15) is 5.41 Å². The van der Waals surface area contributed by atoms with E-state index < -0.39 is 5.41 Å². The molecule has 3 atom stereocenters. The smallest absolute Gasteiger partial charge is 0.240 e. The minimum absolute atomic E-state index is 0.185. The van der Waals surface area contributed by atoms with Crippen molar-refractivity contribution < 1.29 is 9.90 Å². The molecule has 3 unspecified atom stereocenters. The Morgan fingerprint density at radius 1 is 1.44 bits per heavy atom. The lowest BCUT2D eigenvalue weighted by Crippen LogP contribution is -2.42. The fourth-order valence-electron chi connectivity index (χ4n) is 2.50. The van der Waals surface area contributed by atoms with Gasteiger partial charge in [-0.15, -0.1) is 0 Å². The van der Waals surface area contributed by atoms with Crippen molar-refractivity contribution in [1.29, 1.82) is 5.26 Å². The molecule has 1 rings (SSSR count). The molecule has 0 saturated heterocycles. The number of aliphatic hydroxyl groups excluding tert-OH is 1. The van der Waals surface area contributed by atoms with E-state index in [1.165, 1.54) is 12.8 Å². The zero-order valence-corrected chi connectivity index (χ0v) is 11.4. The van der Waals surface area contributed by atoms with E-state index in [-0.39, 0.29) is 12.5 Å². The number of amides is 1. The topological polar surface area (TPSA) is 73.1 Å². The standard InChI is InChI=1S/C14H24N2O2/c1-3-14(2,10-15)13(18)16-8-11-6-4-5-7-12(11)9-17/h11-12,17H,3-9H2,1-2H3,(H,16,18). The van der Waals surface area contributed by atoms with Crippen molar-refractivity contribution in [2.75, 3.05) is 13.2 Å². The van der Waals surface area contributed by atoms with Crippen LogP contribution in [-0.2, 0) is 4.79 Å². The number of nitrogens with one attached hydrogen (secondary N) is 1. The lowest BCUT2D eigenvalue weighted by molar-refractivity contribution is -0.128. The molecule has 0 radical (unpaired) electrons. The summed E-state index contributed by atoms with van der Waals surface area (Å²) in [7, 11) is 0. The molecule has 18 heavy (non-hydrogen) atoms. The van der Waals surface area contributed by atoms with Crippen LogP contribution < -0.4 is 5.32 Å². The third-order valence-electron chi connectivity index (χ3n) is 4.28. The average Bonchev–Trinajstić information content (AvgIpc) is 2.43. The van der Waals surface area contributed by atoms with Crippen LogP contribution in [0.25, 0.3) is 0 Å². The zero-order chi connectivity index (χ0) is 13.6. The molecule has 0 aromatic rings. The second-order valence-corrected chi connectivity index (χ2v) is 5.49. The van der Waals surface area contributed by atoms with Crippen LogP contribution in [0.1, 0.15) is 46.0 Å². The first-order chi connectivity index (χ1) is 8.57. The normalized spacial score (nSPS) is 27.0. The summed E-state index contributed by atoms with van der Waals surface area (Å²) in [6.45, 7) is 4.30. The molecule has 0 aromatic heterocycles. The molecule has 1 amide bonds. The van der Waals surface area contributed by atoms with E-state index in [0.717, 1.165) is 12.8 Å². The molecule has 1 fully saturated rings. The highest BCUT2D eigenvalue weighted by Crippen LogP contribution is 2.29. The van der Waals surface area contributed by atoms with Crippen molar-refractivity contribution in [2.45, 2.75) is 46.0 Å². The first kappa shape index (κ1) is 15.0. The molecule has 1 aliphatic carbocycles. The van der Waals surface area contributed by atoms with E-state index in [2.05, 4.69) is 11.4 Å². The fourth-order valence-corrected chi connectivity index (χ4v) is 2.50. The maximum Gasteiger partial charge on any atom is 0.240 e.